The zero-order valence-corrected chi connectivity index (χ0v) is 11.8. The van der Waals surface area contributed by atoms with Gasteiger partial charge in [0.15, 0.2) is 0 Å². The van der Waals surface area contributed by atoms with Crippen molar-refractivity contribution in [2.75, 3.05) is 31.9 Å². The molecule has 0 aromatic heterocycles. The highest BCUT2D eigenvalue weighted by Gasteiger charge is 2.21. The second kappa shape index (κ2) is 6.06. The largest absolute Gasteiger partial charge is 0.399 e. The fourth-order valence-electron chi connectivity index (χ4n) is 2.52. The van der Waals surface area contributed by atoms with Crippen molar-refractivity contribution in [1.82, 2.24) is 10.2 Å². The molecule has 2 rings (SSSR count). The van der Waals surface area contributed by atoms with Crippen molar-refractivity contribution in [3.8, 4) is 0 Å². The summed E-state index contributed by atoms with van der Waals surface area (Å²) in [7, 11) is 0. The molecule has 1 aromatic rings. The molecule has 104 valence electrons. The molecule has 1 heterocycles. The van der Waals surface area contributed by atoms with Crippen LogP contribution in [-0.4, -0.2) is 37.0 Å². The zero-order valence-electron chi connectivity index (χ0n) is 11.8. The van der Waals surface area contributed by atoms with Crippen LogP contribution >= 0.6 is 0 Å². The highest BCUT2D eigenvalue weighted by molar-refractivity contribution is 5.94. The molecule has 1 atom stereocenters. The van der Waals surface area contributed by atoms with Gasteiger partial charge in [-0.3, -0.25) is 4.79 Å². The Bertz CT molecular complexity index is 459. The van der Waals surface area contributed by atoms with Gasteiger partial charge in [0.2, 0.25) is 0 Å². The molecule has 1 aliphatic heterocycles. The maximum atomic E-state index is 12.1. The van der Waals surface area contributed by atoms with Crippen molar-refractivity contribution in [3.63, 3.8) is 0 Å². The molecule has 4 heteroatoms. The van der Waals surface area contributed by atoms with Crippen LogP contribution in [0, 0.1) is 12.8 Å². The number of nitrogens with zero attached hydrogens (tertiary/aromatic N) is 1. The third-order valence-corrected chi connectivity index (χ3v) is 3.90. The van der Waals surface area contributed by atoms with Gasteiger partial charge in [-0.25, -0.2) is 0 Å². The summed E-state index contributed by atoms with van der Waals surface area (Å²) in [5.74, 6) is 0.580. The normalized spacial score (nSPS) is 19.6. The lowest BCUT2D eigenvalue weighted by molar-refractivity contribution is 0.0947. The van der Waals surface area contributed by atoms with Crippen LogP contribution in [0.1, 0.15) is 29.3 Å². The number of benzene rings is 1. The van der Waals surface area contributed by atoms with Gasteiger partial charge in [0.1, 0.15) is 0 Å². The minimum absolute atomic E-state index is 0.00181. The number of hydrogen-bond acceptors (Lipinski definition) is 3. The van der Waals surface area contributed by atoms with E-state index in [-0.39, 0.29) is 5.91 Å². The number of nitrogen functional groups attached to an aromatic ring is 1. The van der Waals surface area contributed by atoms with Gasteiger partial charge in [0.05, 0.1) is 0 Å². The van der Waals surface area contributed by atoms with E-state index in [0.717, 1.165) is 37.4 Å². The summed E-state index contributed by atoms with van der Waals surface area (Å²) in [6.07, 6.45) is 1.18. The van der Waals surface area contributed by atoms with Gasteiger partial charge in [-0.05, 0) is 56.1 Å². The Morgan fingerprint density at radius 2 is 2.32 bits per heavy atom. The van der Waals surface area contributed by atoms with E-state index in [4.69, 9.17) is 5.73 Å². The number of carbonyl (C=O) groups excluding carboxylic acids is 1. The summed E-state index contributed by atoms with van der Waals surface area (Å²) in [4.78, 5) is 14.5. The first-order valence-corrected chi connectivity index (χ1v) is 6.96. The number of nitrogens with one attached hydrogen (secondary N) is 1. The van der Waals surface area contributed by atoms with Crippen LogP contribution in [0.25, 0.3) is 0 Å². The first kappa shape index (κ1) is 13.9. The molecule has 4 nitrogen and oxygen atoms in total. The summed E-state index contributed by atoms with van der Waals surface area (Å²) in [6, 6.07) is 5.42. The number of aryl methyl sites for hydroxylation is 1. The van der Waals surface area contributed by atoms with Crippen molar-refractivity contribution >= 4 is 11.6 Å². The van der Waals surface area contributed by atoms with E-state index in [0.29, 0.717) is 11.5 Å². The van der Waals surface area contributed by atoms with E-state index in [9.17, 15) is 4.79 Å². The van der Waals surface area contributed by atoms with Crippen molar-refractivity contribution in [1.29, 1.82) is 0 Å². The quantitative estimate of drug-likeness (QED) is 0.810. The van der Waals surface area contributed by atoms with Gasteiger partial charge >= 0.3 is 0 Å². The second-order valence-corrected chi connectivity index (χ2v) is 5.33. The van der Waals surface area contributed by atoms with Crippen LogP contribution in [0.4, 0.5) is 5.69 Å². The molecule has 0 saturated carbocycles. The molecule has 1 amide bonds. The molecule has 1 aromatic carbocycles. The Morgan fingerprint density at radius 3 is 2.95 bits per heavy atom. The molecule has 0 aliphatic carbocycles. The number of nitrogens with two attached hydrogens (primary N) is 1. The van der Waals surface area contributed by atoms with Gasteiger partial charge in [0.25, 0.3) is 5.91 Å². The summed E-state index contributed by atoms with van der Waals surface area (Å²) in [6.45, 7) is 8.20. The molecule has 0 spiro atoms. The summed E-state index contributed by atoms with van der Waals surface area (Å²) in [5, 5.41) is 3.03. The summed E-state index contributed by atoms with van der Waals surface area (Å²) in [5.41, 5.74) is 8.12. The van der Waals surface area contributed by atoms with Gasteiger partial charge in [-0.15, -0.1) is 0 Å². The lowest BCUT2D eigenvalue weighted by Gasteiger charge is -2.14. The van der Waals surface area contributed by atoms with Crippen LogP contribution in [0.15, 0.2) is 18.2 Å². The first-order chi connectivity index (χ1) is 9.10. The first-order valence-electron chi connectivity index (χ1n) is 6.96. The van der Waals surface area contributed by atoms with Crippen molar-refractivity contribution in [3.05, 3.63) is 29.3 Å². The molecule has 1 aliphatic rings. The molecule has 19 heavy (non-hydrogen) atoms. The molecule has 1 unspecified atom stereocenters. The van der Waals surface area contributed by atoms with Gasteiger partial charge in [-0.2, -0.15) is 0 Å². The van der Waals surface area contributed by atoms with E-state index in [1.54, 1.807) is 12.1 Å². The average Bonchev–Trinajstić information content (AvgIpc) is 2.87. The van der Waals surface area contributed by atoms with Crippen molar-refractivity contribution in [2.45, 2.75) is 20.3 Å². The van der Waals surface area contributed by atoms with Gasteiger partial charge < -0.3 is 16.0 Å². The third-order valence-electron chi connectivity index (χ3n) is 3.90. The number of hydrogen-bond donors (Lipinski definition) is 2. The van der Waals surface area contributed by atoms with Crippen LogP contribution in [0.2, 0.25) is 0 Å². The number of anilines is 1. The zero-order chi connectivity index (χ0) is 13.8. The van der Waals surface area contributed by atoms with Gasteiger partial charge in [0, 0.05) is 24.3 Å². The number of rotatable bonds is 4. The highest BCUT2D eigenvalue weighted by Crippen LogP contribution is 2.15. The van der Waals surface area contributed by atoms with Crippen LogP contribution < -0.4 is 11.1 Å². The Morgan fingerprint density at radius 1 is 1.53 bits per heavy atom. The lowest BCUT2D eigenvalue weighted by atomic mass is 10.1. The monoisotopic (exact) mass is 261 g/mol. The lowest BCUT2D eigenvalue weighted by Crippen LogP contribution is -2.31. The number of carbonyl (C=O) groups is 1. The minimum atomic E-state index is -0.00181. The molecule has 1 fully saturated rings. The van der Waals surface area contributed by atoms with Crippen LogP contribution in [0.3, 0.4) is 0 Å². The third kappa shape index (κ3) is 3.47. The maximum absolute atomic E-state index is 12.1. The van der Waals surface area contributed by atoms with E-state index < -0.39 is 0 Å². The Balaban J connectivity index is 1.86. The van der Waals surface area contributed by atoms with Crippen molar-refractivity contribution < 1.29 is 4.79 Å². The fraction of sp³-hybridized carbons (Fsp3) is 0.533. The number of likely N-dealkylation sites (tertiary alicyclic amines) is 1. The van der Waals surface area contributed by atoms with Gasteiger partial charge in [-0.1, -0.05) is 6.92 Å². The Labute approximate surface area is 115 Å². The predicted octanol–water partition coefficient (Wildman–Crippen LogP) is 1.65. The minimum Gasteiger partial charge on any atom is -0.399 e. The molecule has 0 bridgehead atoms. The van der Waals surface area contributed by atoms with E-state index in [1.165, 1.54) is 6.42 Å². The van der Waals surface area contributed by atoms with E-state index in [2.05, 4.69) is 17.1 Å². The molecular weight excluding hydrogens is 238 g/mol. The van der Waals surface area contributed by atoms with Crippen molar-refractivity contribution in [2.24, 2.45) is 5.92 Å². The average molecular weight is 261 g/mol. The molecule has 3 N–H and O–H groups in total. The van der Waals surface area contributed by atoms with Crippen LogP contribution in [0.5, 0.6) is 0 Å². The van der Waals surface area contributed by atoms with E-state index in [1.807, 2.05) is 13.0 Å². The SMILES string of the molecule is CCN1CCC(CNC(=O)c2ccc(N)c(C)c2)C1. The summed E-state index contributed by atoms with van der Waals surface area (Å²) >= 11 is 0. The predicted molar refractivity (Wildman–Crippen MR) is 78.1 cm³/mol. The Hall–Kier alpha value is -1.55. The molecular formula is C15H23N3O. The Kier molecular flexibility index (Phi) is 4.43. The topological polar surface area (TPSA) is 58.4 Å². The fourth-order valence-corrected chi connectivity index (χ4v) is 2.52. The number of amides is 1. The maximum Gasteiger partial charge on any atom is 0.251 e. The second-order valence-electron chi connectivity index (χ2n) is 5.33. The van der Waals surface area contributed by atoms with E-state index >= 15 is 0 Å². The summed E-state index contributed by atoms with van der Waals surface area (Å²) < 4.78 is 0. The molecule has 1 saturated heterocycles. The standard InChI is InChI=1S/C15H23N3O/c1-3-18-7-6-12(10-18)9-17-15(19)13-4-5-14(16)11(2)8-13/h4-5,8,12H,3,6-7,9-10,16H2,1-2H3,(H,17,19). The molecule has 0 radical (unpaired) electrons. The highest BCUT2D eigenvalue weighted by atomic mass is 16.1. The smallest absolute Gasteiger partial charge is 0.251 e. The van der Waals surface area contributed by atoms with Crippen LogP contribution in [-0.2, 0) is 0 Å².